The smallest absolute Gasteiger partial charge is 0.334 e. The van der Waals surface area contributed by atoms with E-state index >= 15 is 0 Å². The molecular formula is C36H34O5. The van der Waals surface area contributed by atoms with Gasteiger partial charge in [-0.25, -0.2) is 4.79 Å². The minimum absolute atomic E-state index is 0.0294. The highest BCUT2D eigenvalue weighted by Gasteiger charge is 2.39. The van der Waals surface area contributed by atoms with E-state index in [2.05, 4.69) is 30.9 Å². The summed E-state index contributed by atoms with van der Waals surface area (Å²) in [5.74, 6) is 6.50. The summed E-state index contributed by atoms with van der Waals surface area (Å²) >= 11 is 0. The van der Waals surface area contributed by atoms with Crippen LogP contribution < -0.4 is 0 Å². The van der Waals surface area contributed by atoms with Crippen LogP contribution in [-0.2, 0) is 25.5 Å². The van der Waals surface area contributed by atoms with E-state index in [1.54, 1.807) is 0 Å². The van der Waals surface area contributed by atoms with Crippen LogP contribution in [0.4, 0.5) is 0 Å². The molecule has 0 N–H and O–H groups in total. The number of esters is 2. The number of cyclic esters (lactones) is 1. The van der Waals surface area contributed by atoms with Crippen molar-refractivity contribution in [1.29, 1.82) is 0 Å². The first-order valence-electron chi connectivity index (χ1n) is 14.1. The summed E-state index contributed by atoms with van der Waals surface area (Å²) in [5, 5.41) is 0.945. The zero-order valence-corrected chi connectivity index (χ0v) is 23.7. The molecule has 5 heteroatoms. The van der Waals surface area contributed by atoms with Crippen molar-refractivity contribution in [2.45, 2.75) is 52.6 Å². The van der Waals surface area contributed by atoms with Crippen molar-refractivity contribution in [3.8, 4) is 11.8 Å². The van der Waals surface area contributed by atoms with Gasteiger partial charge in [-0.2, -0.15) is 0 Å². The van der Waals surface area contributed by atoms with E-state index < -0.39 is 11.5 Å². The average molecular weight is 547 g/mol. The van der Waals surface area contributed by atoms with Crippen LogP contribution in [0.2, 0.25) is 0 Å². The van der Waals surface area contributed by atoms with Gasteiger partial charge in [-0.1, -0.05) is 73.7 Å². The minimum Gasteiger partial charge on any atom is -0.461 e. The summed E-state index contributed by atoms with van der Waals surface area (Å²) in [6.07, 6.45) is 3.35. The minimum atomic E-state index is -0.743. The lowest BCUT2D eigenvalue weighted by Crippen LogP contribution is -2.35. The first kappa shape index (κ1) is 28.0. The van der Waals surface area contributed by atoms with Crippen LogP contribution in [0, 0.1) is 24.2 Å². The zero-order valence-electron chi connectivity index (χ0n) is 23.7. The largest absolute Gasteiger partial charge is 0.461 e. The van der Waals surface area contributed by atoms with Crippen LogP contribution >= 0.6 is 0 Å². The van der Waals surface area contributed by atoms with Crippen LogP contribution in [0.15, 0.2) is 88.9 Å². The van der Waals surface area contributed by atoms with E-state index in [4.69, 9.17) is 13.9 Å². The van der Waals surface area contributed by atoms with Crippen molar-refractivity contribution in [3.05, 3.63) is 112 Å². The highest BCUT2D eigenvalue weighted by atomic mass is 16.6. The van der Waals surface area contributed by atoms with Crippen molar-refractivity contribution >= 4 is 29.0 Å². The molecule has 5 nitrogen and oxygen atoms in total. The molecule has 1 aliphatic rings. The van der Waals surface area contributed by atoms with Gasteiger partial charge in [-0.15, -0.1) is 0 Å². The maximum absolute atomic E-state index is 13.4. The summed E-state index contributed by atoms with van der Waals surface area (Å²) in [6.45, 7) is 6.06. The summed E-state index contributed by atoms with van der Waals surface area (Å²) in [6, 6.07) is 25.6. The van der Waals surface area contributed by atoms with E-state index in [0.29, 0.717) is 31.3 Å². The number of rotatable bonds is 8. The Bertz CT molecular complexity index is 1630. The number of benzene rings is 3. The van der Waals surface area contributed by atoms with Gasteiger partial charge < -0.3 is 13.9 Å². The molecule has 0 bridgehead atoms. The Morgan fingerprint density at radius 3 is 2.41 bits per heavy atom. The van der Waals surface area contributed by atoms with Gasteiger partial charge in [0.25, 0.3) is 0 Å². The summed E-state index contributed by atoms with van der Waals surface area (Å²) < 4.78 is 17.4. The van der Waals surface area contributed by atoms with Gasteiger partial charge in [0, 0.05) is 34.9 Å². The van der Waals surface area contributed by atoms with Crippen LogP contribution in [0.25, 0.3) is 17.0 Å². The van der Waals surface area contributed by atoms with Gasteiger partial charge in [0.05, 0.1) is 5.41 Å². The number of carbonyl (C=O) groups excluding carboxylic acids is 2. The van der Waals surface area contributed by atoms with E-state index in [0.717, 1.165) is 33.4 Å². The lowest BCUT2D eigenvalue weighted by Gasteiger charge is -2.28. The molecule has 3 aromatic carbocycles. The van der Waals surface area contributed by atoms with Crippen molar-refractivity contribution in [2.75, 3.05) is 6.61 Å². The summed E-state index contributed by atoms with van der Waals surface area (Å²) in [7, 11) is 0. The maximum Gasteiger partial charge on any atom is 0.334 e. The third kappa shape index (κ3) is 6.61. The third-order valence-corrected chi connectivity index (χ3v) is 7.79. The molecule has 41 heavy (non-hydrogen) atoms. The molecule has 5 rings (SSSR count). The number of fused-ring (bicyclic) bond motifs is 1. The molecule has 0 aliphatic carbocycles. The van der Waals surface area contributed by atoms with Gasteiger partial charge in [-0.05, 0) is 67.8 Å². The monoisotopic (exact) mass is 546 g/mol. The number of hydrogen-bond acceptors (Lipinski definition) is 5. The van der Waals surface area contributed by atoms with Crippen molar-refractivity contribution in [2.24, 2.45) is 5.41 Å². The number of carbonyl (C=O) groups is 2. The molecule has 1 atom stereocenters. The molecule has 1 saturated heterocycles. The first-order valence-corrected chi connectivity index (χ1v) is 14.1. The van der Waals surface area contributed by atoms with E-state index in [-0.39, 0.29) is 18.5 Å². The molecule has 1 aromatic heterocycles. The fraction of sp³-hybridized carbons (Fsp3) is 0.278. The second-order valence-electron chi connectivity index (χ2n) is 10.7. The lowest BCUT2D eigenvalue weighted by molar-refractivity contribution is -0.162. The highest BCUT2D eigenvalue weighted by molar-refractivity contribution is 5.95. The molecule has 1 aliphatic heterocycles. The lowest BCUT2D eigenvalue weighted by atomic mass is 9.78. The van der Waals surface area contributed by atoms with Gasteiger partial charge in [0.2, 0.25) is 0 Å². The fourth-order valence-corrected chi connectivity index (χ4v) is 5.12. The predicted molar refractivity (Wildman–Crippen MR) is 160 cm³/mol. The van der Waals surface area contributed by atoms with Crippen LogP contribution in [-0.4, -0.2) is 24.6 Å². The Kier molecular flexibility index (Phi) is 8.40. The standard InChI is InChI=1S/C36H34O5/c1-4-36(5-2,35(38)39-24-32-22-30(34(37)41-32)20-27-9-7-6-8-10-27)23-31-21-29-19-28(17-18-33(29)40-31)16-15-26-13-11-25(3)12-14-26/h6-14,17-21,32H,4-5,22-24H2,1-3H3/b30-20+. The number of furan rings is 1. The molecule has 4 aromatic rings. The third-order valence-electron chi connectivity index (χ3n) is 7.79. The highest BCUT2D eigenvalue weighted by Crippen LogP contribution is 2.35. The van der Waals surface area contributed by atoms with E-state index in [1.165, 1.54) is 5.56 Å². The first-order chi connectivity index (χ1) is 19.9. The SMILES string of the molecule is CCC(CC)(Cc1cc2cc(C#Cc3ccc(C)cc3)ccc2o1)C(=O)OCC1C/C(=C\c2ccccc2)C(=O)O1. The topological polar surface area (TPSA) is 65.7 Å². The molecule has 1 unspecified atom stereocenters. The number of ether oxygens (including phenoxy) is 2. The number of aryl methyl sites for hydroxylation is 1. The summed E-state index contributed by atoms with van der Waals surface area (Å²) in [4.78, 5) is 25.8. The van der Waals surface area contributed by atoms with Crippen molar-refractivity contribution in [1.82, 2.24) is 0 Å². The second kappa shape index (κ2) is 12.3. The molecule has 0 amide bonds. The normalized spacial score (nSPS) is 15.9. The molecule has 0 spiro atoms. The Balaban J connectivity index is 1.25. The van der Waals surface area contributed by atoms with Crippen LogP contribution in [0.5, 0.6) is 0 Å². The molecule has 0 saturated carbocycles. The second-order valence-corrected chi connectivity index (χ2v) is 10.7. The van der Waals surface area contributed by atoms with Gasteiger partial charge in [0.15, 0.2) is 0 Å². The van der Waals surface area contributed by atoms with Gasteiger partial charge in [0.1, 0.15) is 24.1 Å². The summed E-state index contributed by atoms with van der Waals surface area (Å²) in [5.41, 5.74) is 4.60. The molecule has 1 fully saturated rings. The zero-order chi connectivity index (χ0) is 28.8. The van der Waals surface area contributed by atoms with Crippen molar-refractivity contribution in [3.63, 3.8) is 0 Å². The maximum atomic E-state index is 13.4. The Labute approximate surface area is 241 Å². The van der Waals surface area contributed by atoms with Crippen LogP contribution in [0.3, 0.4) is 0 Å². The Hall–Kier alpha value is -4.56. The fourth-order valence-electron chi connectivity index (χ4n) is 5.12. The Morgan fingerprint density at radius 2 is 1.68 bits per heavy atom. The van der Waals surface area contributed by atoms with Gasteiger partial charge in [-0.3, -0.25) is 4.79 Å². The quantitative estimate of drug-likeness (QED) is 0.131. The van der Waals surface area contributed by atoms with E-state index in [9.17, 15) is 9.59 Å². The van der Waals surface area contributed by atoms with Crippen molar-refractivity contribution < 1.29 is 23.5 Å². The molecule has 2 heterocycles. The van der Waals surface area contributed by atoms with E-state index in [1.807, 2.05) is 86.7 Å². The molecule has 0 radical (unpaired) electrons. The number of hydrogen-bond donors (Lipinski definition) is 0. The predicted octanol–water partition coefficient (Wildman–Crippen LogP) is 7.43. The molecule has 208 valence electrons. The average Bonchev–Trinajstić information content (AvgIpc) is 3.56. The van der Waals surface area contributed by atoms with Crippen LogP contribution in [0.1, 0.15) is 61.1 Å². The Morgan fingerprint density at radius 1 is 0.976 bits per heavy atom. The van der Waals surface area contributed by atoms with Gasteiger partial charge >= 0.3 is 11.9 Å². The molecular weight excluding hydrogens is 512 g/mol.